The number of anilines is 2. The van der Waals surface area contributed by atoms with Gasteiger partial charge in [0.2, 0.25) is 11.8 Å². The van der Waals surface area contributed by atoms with E-state index in [1.54, 1.807) is 17.9 Å². The Balaban J connectivity index is 0.743. The van der Waals surface area contributed by atoms with Crippen molar-refractivity contribution in [1.82, 2.24) is 35.0 Å². The molecule has 3 amide bonds. The van der Waals surface area contributed by atoms with Crippen molar-refractivity contribution in [3.05, 3.63) is 77.0 Å². The number of phenols is 1. The Morgan fingerprint density at radius 1 is 0.899 bits per heavy atom. The minimum absolute atomic E-state index is 0.00560. The van der Waals surface area contributed by atoms with E-state index in [0.29, 0.717) is 91.1 Å². The van der Waals surface area contributed by atoms with E-state index in [2.05, 4.69) is 36.1 Å². The van der Waals surface area contributed by atoms with Crippen molar-refractivity contribution in [1.29, 1.82) is 0 Å². The smallest absolute Gasteiger partial charge is 0.319 e. The molecule has 15 nitrogen and oxygen atoms in total. The number of hydrogen-bond acceptors (Lipinski definition) is 13. The Bertz CT molecular complexity index is 2880. The summed E-state index contributed by atoms with van der Waals surface area (Å²) in [5.74, 6) is -1.65. The summed E-state index contributed by atoms with van der Waals surface area (Å²) in [5.41, 5.74) is 2.20. The van der Waals surface area contributed by atoms with Gasteiger partial charge in [0, 0.05) is 93.2 Å². The molecule has 4 saturated heterocycles. The number of aromatic hydroxyl groups is 1. The summed E-state index contributed by atoms with van der Waals surface area (Å²) >= 11 is 0. The number of β-amino-alcohol motifs (C(OH)–C–C–N with tert-alkyl or cyclic N) is 1. The third kappa shape index (κ3) is 8.71. The Kier molecular flexibility index (Phi) is 11.7. The van der Waals surface area contributed by atoms with Gasteiger partial charge in [-0.05, 0) is 130 Å². The molecule has 0 bridgehead atoms. The fraction of sp³-hybridized carbons (Fsp3) is 0.500. The van der Waals surface area contributed by atoms with Gasteiger partial charge in [-0.2, -0.15) is 9.97 Å². The van der Waals surface area contributed by atoms with Crippen molar-refractivity contribution < 1.29 is 38.1 Å². The molecule has 6 aliphatic rings. The second-order valence-corrected chi connectivity index (χ2v) is 20.6. The molecule has 5 aliphatic heterocycles. The van der Waals surface area contributed by atoms with Crippen LogP contribution in [0.5, 0.6) is 11.8 Å². The number of imide groups is 1. The standard InChI is InChI=1S/C52H59F2N9O6/c1-3-36-40(53)8-5-31-24-35(64)25-38(43(31)36)45-44(54)46-39(26-55-45)47(62-16-4-13-51(2,68)28-62)58-50(57-46)69-30-52(14-15-52)29-59-17-11-33(12-18-59)60-19-21-61(22-20-60)34-6-7-37-32(23-34)27-63(49(37)67)41-9-10-42(65)56-48(41)66/h5-8,23-26,33,41,64,68H,3-4,9-22,27-30H2,1-2H3,(H,56,65,66)/t41-,51+/m0/s1. The number of amides is 3. The van der Waals surface area contributed by atoms with Gasteiger partial charge in [-0.25, -0.2) is 8.78 Å². The number of aryl methyl sites for hydroxylation is 1. The summed E-state index contributed by atoms with van der Waals surface area (Å²) in [4.78, 5) is 62.7. The fourth-order valence-corrected chi connectivity index (χ4v) is 11.7. The minimum Gasteiger partial charge on any atom is -0.508 e. The van der Waals surface area contributed by atoms with Crippen molar-refractivity contribution in [3.63, 3.8) is 0 Å². The van der Waals surface area contributed by atoms with E-state index >= 15 is 8.78 Å². The quantitative estimate of drug-likeness (QED) is 0.133. The van der Waals surface area contributed by atoms with Gasteiger partial charge in [0.1, 0.15) is 34.6 Å². The average Bonchev–Trinajstić information content (AvgIpc) is 4.03. The predicted octanol–water partition coefficient (Wildman–Crippen LogP) is 5.95. The molecule has 17 heteroatoms. The SMILES string of the molecule is CCc1c(F)ccc2cc(O)cc(-c3ncc4c(N5CCC[C@@](C)(O)C5)nc(OCC5(CN6CCC(N7CCN(c8ccc9c(c8)CN([C@H]8CCC(=O)NC8=O)C9=O)CC7)CC6)CC5)nc4c3F)c12. The number of fused-ring (bicyclic) bond motifs is 3. The molecule has 69 heavy (non-hydrogen) atoms. The molecule has 0 unspecified atom stereocenters. The molecule has 1 aliphatic carbocycles. The Morgan fingerprint density at radius 2 is 1.70 bits per heavy atom. The van der Waals surface area contributed by atoms with Crippen molar-refractivity contribution >= 4 is 50.9 Å². The van der Waals surface area contributed by atoms with Crippen LogP contribution in [0, 0.1) is 17.0 Å². The molecular formula is C52H59F2N9O6. The van der Waals surface area contributed by atoms with Crippen molar-refractivity contribution in [3.8, 4) is 23.0 Å². The number of nitrogens with one attached hydrogen (secondary N) is 1. The highest BCUT2D eigenvalue weighted by molar-refractivity contribution is 6.06. The summed E-state index contributed by atoms with van der Waals surface area (Å²) in [7, 11) is 0. The first-order valence-electron chi connectivity index (χ1n) is 24.7. The zero-order chi connectivity index (χ0) is 47.8. The zero-order valence-corrected chi connectivity index (χ0v) is 39.3. The van der Waals surface area contributed by atoms with E-state index < -0.39 is 29.2 Å². The molecule has 3 N–H and O–H groups in total. The first-order chi connectivity index (χ1) is 33.2. The number of piperazine rings is 1. The van der Waals surface area contributed by atoms with Crippen LogP contribution in [0.4, 0.5) is 20.3 Å². The highest BCUT2D eigenvalue weighted by atomic mass is 19.1. The predicted molar refractivity (Wildman–Crippen MR) is 256 cm³/mol. The molecule has 1 saturated carbocycles. The normalized spacial score (nSPS) is 23.5. The number of carbonyl (C=O) groups excluding carboxylic acids is 3. The van der Waals surface area contributed by atoms with Gasteiger partial charge in [0.05, 0.1) is 17.6 Å². The molecule has 2 aromatic heterocycles. The number of nitrogens with zero attached hydrogens (tertiary/aromatic N) is 8. The second kappa shape index (κ2) is 17.7. The Morgan fingerprint density at radius 3 is 2.43 bits per heavy atom. The van der Waals surface area contributed by atoms with Crippen LogP contribution in [0.25, 0.3) is 32.9 Å². The summed E-state index contributed by atoms with van der Waals surface area (Å²) < 4.78 is 38.8. The maximum atomic E-state index is 17.1. The van der Waals surface area contributed by atoms with Gasteiger partial charge >= 0.3 is 6.01 Å². The number of phenolic OH excluding ortho intramolecular Hbond substituents is 1. The number of aliphatic hydroxyl groups is 1. The number of hydrogen-bond donors (Lipinski definition) is 3. The Labute approximate surface area is 399 Å². The van der Waals surface area contributed by atoms with Gasteiger partial charge in [0.15, 0.2) is 5.82 Å². The molecule has 11 rings (SSSR count). The fourth-order valence-electron chi connectivity index (χ4n) is 11.7. The third-order valence-corrected chi connectivity index (χ3v) is 15.7. The van der Waals surface area contributed by atoms with Gasteiger partial charge in [0.25, 0.3) is 5.91 Å². The van der Waals surface area contributed by atoms with Gasteiger partial charge in [-0.1, -0.05) is 13.0 Å². The Hall–Kier alpha value is -6.04. The molecule has 7 heterocycles. The highest BCUT2D eigenvalue weighted by Crippen LogP contribution is 2.47. The summed E-state index contributed by atoms with van der Waals surface area (Å²) in [5, 5.41) is 25.6. The molecule has 3 aromatic carbocycles. The first kappa shape index (κ1) is 45.4. The molecule has 2 atom stereocenters. The summed E-state index contributed by atoms with van der Waals surface area (Å²) in [6.07, 6.45) is 7.95. The zero-order valence-electron chi connectivity index (χ0n) is 39.3. The van der Waals surface area contributed by atoms with Gasteiger partial charge < -0.3 is 34.5 Å². The molecule has 362 valence electrons. The molecule has 5 aromatic rings. The van der Waals surface area contributed by atoms with Crippen LogP contribution in [0.1, 0.15) is 86.7 Å². The van der Waals surface area contributed by atoms with Crippen LogP contribution in [-0.2, 0) is 22.6 Å². The molecular weight excluding hydrogens is 885 g/mol. The number of rotatable bonds is 11. The molecule has 0 radical (unpaired) electrons. The number of likely N-dealkylation sites (tertiary alicyclic amines) is 1. The van der Waals surface area contributed by atoms with Gasteiger partial charge in [-0.15, -0.1) is 0 Å². The number of carbonyl (C=O) groups is 3. The van der Waals surface area contributed by atoms with E-state index in [0.717, 1.165) is 82.7 Å². The van der Waals surface area contributed by atoms with Crippen LogP contribution >= 0.6 is 0 Å². The monoisotopic (exact) mass is 943 g/mol. The minimum atomic E-state index is -0.970. The average molecular weight is 944 g/mol. The topological polar surface area (TPSA) is 168 Å². The largest absolute Gasteiger partial charge is 0.508 e. The van der Waals surface area contributed by atoms with Gasteiger partial charge in [-0.3, -0.25) is 29.6 Å². The third-order valence-electron chi connectivity index (χ3n) is 15.7. The lowest BCUT2D eigenvalue weighted by atomic mass is 9.94. The molecule has 5 fully saturated rings. The molecule has 0 spiro atoms. The summed E-state index contributed by atoms with van der Waals surface area (Å²) in [6.45, 7) is 11.8. The first-order valence-corrected chi connectivity index (χ1v) is 24.7. The number of halogens is 2. The van der Waals surface area contributed by atoms with Crippen molar-refractivity contribution in [2.75, 3.05) is 75.3 Å². The number of piperidine rings is 3. The van der Waals surface area contributed by atoms with E-state index in [9.17, 15) is 24.6 Å². The summed E-state index contributed by atoms with van der Waals surface area (Å²) in [6, 6.07) is 11.8. The number of pyridine rings is 1. The number of ether oxygens (including phenoxy) is 1. The van der Waals surface area contributed by atoms with E-state index in [-0.39, 0.29) is 52.2 Å². The van der Waals surface area contributed by atoms with Crippen LogP contribution < -0.4 is 19.9 Å². The van der Waals surface area contributed by atoms with Crippen molar-refractivity contribution in [2.24, 2.45) is 5.41 Å². The number of benzene rings is 3. The van der Waals surface area contributed by atoms with Crippen LogP contribution in [-0.4, -0.2) is 141 Å². The van der Waals surface area contributed by atoms with E-state index in [1.807, 2.05) is 24.0 Å². The van der Waals surface area contributed by atoms with Crippen LogP contribution in [0.2, 0.25) is 0 Å². The van der Waals surface area contributed by atoms with E-state index in [4.69, 9.17) is 9.72 Å². The maximum absolute atomic E-state index is 17.1. The van der Waals surface area contributed by atoms with Crippen LogP contribution in [0.3, 0.4) is 0 Å². The lowest BCUT2D eigenvalue weighted by molar-refractivity contribution is -0.136. The lowest BCUT2D eigenvalue weighted by Crippen LogP contribution is -2.53. The van der Waals surface area contributed by atoms with Crippen LogP contribution in [0.15, 0.2) is 48.7 Å². The lowest BCUT2D eigenvalue weighted by Gasteiger charge is -2.44. The second-order valence-electron chi connectivity index (χ2n) is 20.6. The van der Waals surface area contributed by atoms with Crippen molar-refractivity contribution in [2.45, 2.75) is 95.9 Å². The maximum Gasteiger partial charge on any atom is 0.319 e. The number of aromatic nitrogens is 3. The van der Waals surface area contributed by atoms with E-state index in [1.165, 1.54) is 24.4 Å². The highest BCUT2D eigenvalue weighted by Gasteiger charge is 2.46.